The van der Waals surface area contributed by atoms with Crippen molar-refractivity contribution in [3.8, 4) is 0 Å². The lowest BCUT2D eigenvalue weighted by molar-refractivity contribution is -0.182. The van der Waals surface area contributed by atoms with Crippen LogP contribution in [0.25, 0.3) is 0 Å². The number of hydrogen-bond acceptors (Lipinski definition) is 4. The lowest BCUT2D eigenvalue weighted by Gasteiger charge is -2.38. The van der Waals surface area contributed by atoms with Crippen molar-refractivity contribution in [1.29, 1.82) is 0 Å². The molecule has 3 heterocycles. The summed E-state index contributed by atoms with van der Waals surface area (Å²) in [5.74, 6) is -0.197. The summed E-state index contributed by atoms with van der Waals surface area (Å²) in [6.45, 7) is 10.3. The first-order valence-corrected chi connectivity index (χ1v) is 9.23. The number of hydrogen-bond donors (Lipinski definition) is 1. The lowest BCUT2D eigenvalue weighted by atomic mass is 9.82. The van der Waals surface area contributed by atoms with Gasteiger partial charge in [0.05, 0.1) is 17.8 Å². The van der Waals surface area contributed by atoms with E-state index in [1.165, 1.54) is 5.57 Å². The molecule has 4 heteroatoms. The molecule has 24 heavy (non-hydrogen) atoms. The minimum absolute atomic E-state index is 0.137. The van der Waals surface area contributed by atoms with Gasteiger partial charge in [0.25, 0.3) is 0 Å². The topological polar surface area (TPSA) is 55.8 Å². The molecule has 2 bridgehead atoms. The molecule has 3 aliphatic rings. The van der Waals surface area contributed by atoms with E-state index in [0.29, 0.717) is 12.0 Å². The van der Waals surface area contributed by atoms with Gasteiger partial charge in [-0.2, -0.15) is 0 Å². The zero-order chi connectivity index (χ0) is 17.5. The minimum atomic E-state index is -0.622. The Morgan fingerprint density at radius 1 is 1.38 bits per heavy atom. The van der Waals surface area contributed by atoms with Crippen LogP contribution in [0.5, 0.6) is 0 Å². The summed E-state index contributed by atoms with van der Waals surface area (Å²) < 4.78 is 12.1. The number of ether oxygens (including phenoxy) is 2. The molecule has 0 radical (unpaired) electrons. The molecular formula is C20H30O4. The number of allylic oxidation sites excluding steroid dienone is 2. The van der Waals surface area contributed by atoms with Crippen molar-refractivity contribution in [2.75, 3.05) is 0 Å². The highest BCUT2D eigenvalue weighted by atomic mass is 16.6. The van der Waals surface area contributed by atoms with Crippen LogP contribution in [0.1, 0.15) is 59.3 Å². The summed E-state index contributed by atoms with van der Waals surface area (Å²) in [5, 5.41) is 10.9. The summed E-state index contributed by atoms with van der Waals surface area (Å²) >= 11 is 0. The summed E-state index contributed by atoms with van der Waals surface area (Å²) in [4.78, 5) is 12.0. The normalized spacial score (nSPS) is 46.2. The summed E-state index contributed by atoms with van der Waals surface area (Å²) in [5.41, 5.74) is 1.29. The zero-order valence-electron chi connectivity index (χ0n) is 15.1. The molecule has 0 aromatic heterocycles. The first-order valence-electron chi connectivity index (χ1n) is 9.23. The molecular weight excluding hydrogens is 304 g/mol. The van der Waals surface area contributed by atoms with Gasteiger partial charge >= 0.3 is 5.97 Å². The van der Waals surface area contributed by atoms with Gasteiger partial charge in [0.2, 0.25) is 0 Å². The van der Waals surface area contributed by atoms with Crippen molar-refractivity contribution >= 4 is 5.97 Å². The Balaban J connectivity index is 1.95. The molecule has 3 aliphatic heterocycles. The van der Waals surface area contributed by atoms with E-state index >= 15 is 0 Å². The van der Waals surface area contributed by atoms with Crippen LogP contribution in [0, 0.1) is 11.8 Å². The fourth-order valence-electron chi connectivity index (χ4n) is 4.39. The van der Waals surface area contributed by atoms with E-state index in [2.05, 4.69) is 26.5 Å². The Morgan fingerprint density at radius 2 is 2.12 bits per heavy atom. The standard InChI is InChI=1S/C20H30O4/c1-12-7-5-9-13(2)17-18-15(14(3)19(22)23-18)11-16(21)20(4,24-17)10-6-8-12/h8,13,15-18,21H,3,5-7,9-11H2,1-2,4H3/b12-8-. The second kappa shape index (κ2) is 6.64. The molecule has 0 amide bonds. The Bertz CT molecular complexity index is 552. The smallest absolute Gasteiger partial charge is 0.334 e. The Hall–Kier alpha value is -1.13. The maximum absolute atomic E-state index is 12.0. The van der Waals surface area contributed by atoms with E-state index in [0.717, 1.165) is 32.1 Å². The van der Waals surface area contributed by atoms with E-state index in [1.807, 2.05) is 6.92 Å². The molecule has 6 atom stereocenters. The molecule has 134 valence electrons. The highest BCUT2D eigenvalue weighted by molar-refractivity contribution is 5.90. The van der Waals surface area contributed by atoms with E-state index < -0.39 is 11.7 Å². The summed E-state index contributed by atoms with van der Waals surface area (Å²) in [6, 6.07) is 0. The molecule has 0 spiro atoms. The first-order chi connectivity index (χ1) is 11.3. The molecule has 4 nitrogen and oxygen atoms in total. The van der Waals surface area contributed by atoms with Gasteiger partial charge in [0, 0.05) is 11.5 Å². The molecule has 0 aromatic carbocycles. The maximum Gasteiger partial charge on any atom is 0.334 e. The molecule has 0 aliphatic carbocycles. The van der Waals surface area contributed by atoms with Crippen LogP contribution in [0.15, 0.2) is 23.8 Å². The molecule has 0 aromatic rings. The molecule has 0 saturated carbocycles. The molecule has 2 saturated heterocycles. The zero-order valence-corrected chi connectivity index (χ0v) is 15.1. The molecule has 6 unspecified atom stereocenters. The largest absolute Gasteiger partial charge is 0.456 e. The van der Waals surface area contributed by atoms with Crippen LogP contribution in [0.2, 0.25) is 0 Å². The van der Waals surface area contributed by atoms with Gasteiger partial charge in [-0.3, -0.25) is 0 Å². The Kier molecular flexibility index (Phi) is 4.89. The lowest BCUT2D eigenvalue weighted by Crippen LogP contribution is -2.46. The van der Waals surface area contributed by atoms with Crippen molar-refractivity contribution < 1.29 is 19.4 Å². The predicted molar refractivity (Wildman–Crippen MR) is 92.4 cm³/mol. The number of esters is 1. The number of aliphatic hydroxyl groups is 1. The number of carbonyl (C=O) groups is 1. The van der Waals surface area contributed by atoms with Crippen LogP contribution in [0.4, 0.5) is 0 Å². The first kappa shape index (κ1) is 17.7. The number of aliphatic hydroxyl groups excluding tert-OH is 1. The highest BCUT2D eigenvalue weighted by Crippen LogP contribution is 2.44. The van der Waals surface area contributed by atoms with Crippen molar-refractivity contribution in [2.24, 2.45) is 11.8 Å². The highest BCUT2D eigenvalue weighted by Gasteiger charge is 2.53. The van der Waals surface area contributed by atoms with Crippen LogP contribution >= 0.6 is 0 Å². The minimum Gasteiger partial charge on any atom is -0.456 e. The maximum atomic E-state index is 12.0. The van der Waals surface area contributed by atoms with Gasteiger partial charge in [0.15, 0.2) is 0 Å². The third-order valence-corrected chi connectivity index (χ3v) is 6.19. The van der Waals surface area contributed by atoms with Crippen LogP contribution in [-0.2, 0) is 14.3 Å². The second-order valence-corrected chi connectivity index (χ2v) is 8.11. The van der Waals surface area contributed by atoms with Crippen molar-refractivity contribution in [3.63, 3.8) is 0 Å². The number of carbonyl (C=O) groups excluding carboxylic acids is 1. The predicted octanol–water partition coefficient (Wildman–Crippen LogP) is 3.54. The third-order valence-electron chi connectivity index (χ3n) is 6.19. The van der Waals surface area contributed by atoms with Gasteiger partial charge in [-0.25, -0.2) is 4.79 Å². The number of fused-ring (bicyclic) bond motifs is 4. The van der Waals surface area contributed by atoms with Crippen LogP contribution < -0.4 is 0 Å². The van der Waals surface area contributed by atoms with Crippen molar-refractivity contribution in [3.05, 3.63) is 23.8 Å². The fraction of sp³-hybridized carbons (Fsp3) is 0.750. The van der Waals surface area contributed by atoms with Gasteiger partial charge in [0.1, 0.15) is 6.10 Å². The Labute approximate surface area is 144 Å². The van der Waals surface area contributed by atoms with Gasteiger partial charge in [-0.1, -0.05) is 25.2 Å². The summed E-state index contributed by atoms with van der Waals surface area (Å²) in [6.07, 6.45) is 6.54. The average molecular weight is 334 g/mol. The molecule has 3 rings (SSSR count). The van der Waals surface area contributed by atoms with Crippen LogP contribution in [-0.4, -0.2) is 35.0 Å². The van der Waals surface area contributed by atoms with Gasteiger partial charge < -0.3 is 14.6 Å². The van der Waals surface area contributed by atoms with Gasteiger partial charge in [-0.15, -0.1) is 0 Å². The average Bonchev–Trinajstić information content (AvgIpc) is 2.72. The molecule has 2 fully saturated rings. The SMILES string of the molecule is C=C1C(=O)OC2C1CC(O)C1(C)CC/C=C(/C)CCCC(C)C2O1. The van der Waals surface area contributed by atoms with Crippen molar-refractivity contribution in [1.82, 2.24) is 0 Å². The van der Waals surface area contributed by atoms with Gasteiger partial charge in [-0.05, 0) is 58.3 Å². The fourth-order valence-corrected chi connectivity index (χ4v) is 4.39. The monoisotopic (exact) mass is 334 g/mol. The van der Waals surface area contributed by atoms with E-state index in [4.69, 9.17) is 9.47 Å². The third kappa shape index (κ3) is 3.18. The molecule has 1 N–H and O–H groups in total. The Morgan fingerprint density at radius 3 is 2.88 bits per heavy atom. The van der Waals surface area contributed by atoms with E-state index in [9.17, 15) is 9.90 Å². The quantitative estimate of drug-likeness (QED) is 0.418. The van der Waals surface area contributed by atoms with E-state index in [-0.39, 0.29) is 30.0 Å². The summed E-state index contributed by atoms with van der Waals surface area (Å²) in [7, 11) is 0. The second-order valence-electron chi connectivity index (χ2n) is 8.11. The van der Waals surface area contributed by atoms with Crippen LogP contribution in [0.3, 0.4) is 0 Å². The number of rotatable bonds is 0. The van der Waals surface area contributed by atoms with E-state index in [1.54, 1.807) is 0 Å². The van der Waals surface area contributed by atoms with Crippen molar-refractivity contribution in [2.45, 2.75) is 83.2 Å².